The standard InChI is InChI=1S/C7H11ClF2N2O2/c1-3(8)6(13)12-7(14)11-4(2)5(9)10/h3-5H,1-2H3,(H2,11,12,13,14). The van der Waals surface area contributed by atoms with Crippen molar-refractivity contribution in [3.8, 4) is 0 Å². The van der Waals surface area contributed by atoms with Gasteiger partial charge in [0.05, 0.1) is 6.04 Å². The van der Waals surface area contributed by atoms with Gasteiger partial charge >= 0.3 is 6.03 Å². The molecule has 0 aromatic heterocycles. The molecule has 0 rings (SSSR count). The van der Waals surface area contributed by atoms with Crippen LogP contribution in [0.2, 0.25) is 0 Å². The first-order chi connectivity index (χ1) is 6.34. The Morgan fingerprint density at radius 2 is 1.79 bits per heavy atom. The molecule has 0 saturated heterocycles. The molecule has 2 unspecified atom stereocenters. The van der Waals surface area contributed by atoms with Gasteiger partial charge in [0.1, 0.15) is 5.38 Å². The molecule has 3 amide bonds. The molecule has 0 aromatic rings. The number of nitrogens with one attached hydrogen (secondary N) is 2. The van der Waals surface area contributed by atoms with Gasteiger partial charge in [0, 0.05) is 0 Å². The highest BCUT2D eigenvalue weighted by Crippen LogP contribution is 1.99. The van der Waals surface area contributed by atoms with E-state index in [0.29, 0.717) is 0 Å². The van der Waals surface area contributed by atoms with Crippen LogP contribution in [-0.4, -0.2) is 29.8 Å². The third-order valence-corrected chi connectivity index (χ3v) is 1.53. The largest absolute Gasteiger partial charge is 0.330 e. The Bertz CT molecular complexity index is 224. The number of hydrogen-bond donors (Lipinski definition) is 2. The third kappa shape index (κ3) is 4.96. The van der Waals surface area contributed by atoms with Crippen LogP contribution in [0, 0.1) is 0 Å². The molecule has 0 aliphatic carbocycles. The van der Waals surface area contributed by atoms with Crippen molar-refractivity contribution in [2.45, 2.75) is 31.7 Å². The SMILES string of the molecule is CC(Cl)C(=O)NC(=O)NC(C)C(F)F. The average molecular weight is 229 g/mol. The van der Waals surface area contributed by atoms with Crippen LogP contribution in [0.3, 0.4) is 0 Å². The smallest absolute Gasteiger partial charge is 0.321 e. The fraction of sp³-hybridized carbons (Fsp3) is 0.714. The highest BCUT2D eigenvalue weighted by atomic mass is 35.5. The number of carbonyl (C=O) groups excluding carboxylic acids is 2. The number of imide groups is 1. The van der Waals surface area contributed by atoms with Gasteiger partial charge in [-0.2, -0.15) is 0 Å². The van der Waals surface area contributed by atoms with Crippen LogP contribution in [0.1, 0.15) is 13.8 Å². The summed E-state index contributed by atoms with van der Waals surface area (Å²) in [7, 11) is 0. The normalized spacial score (nSPS) is 14.7. The second kappa shape index (κ2) is 5.74. The van der Waals surface area contributed by atoms with Crippen LogP contribution in [-0.2, 0) is 4.79 Å². The van der Waals surface area contributed by atoms with Crippen LogP contribution in [0.15, 0.2) is 0 Å². The van der Waals surface area contributed by atoms with Gasteiger partial charge in [-0.3, -0.25) is 10.1 Å². The van der Waals surface area contributed by atoms with Gasteiger partial charge in [-0.05, 0) is 13.8 Å². The summed E-state index contributed by atoms with van der Waals surface area (Å²) >= 11 is 5.33. The highest BCUT2D eigenvalue weighted by molar-refractivity contribution is 6.31. The predicted molar refractivity (Wildman–Crippen MR) is 47.5 cm³/mol. The Kier molecular flexibility index (Phi) is 5.37. The monoisotopic (exact) mass is 228 g/mol. The minimum atomic E-state index is -2.68. The molecule has 0 spiro atoms. The zero-order chi connectivity index (χ0) is 11.3. The molecule has 14 heavy (non-hydrogen) atoms. The van der Waals surface area contributed by atoms with Gasteiger partial charge in [0.2, 0.25) is 5.91 Å². The molecule has 0 saturated carbocycles. The lowest BCUT2D eigenvalue weighted by Gasteiger charge is -2.13. The number of carbonyl (C=O) groups is 2. The lowest BCUT2D eigenvalue weighted by molar-refractivity contribution is -0.119. The van der Waals surface area contributed by atoms with Crippen molar-refractivity contribution in [3.63, 3.8) is 0 Å². The molecule has 0 bridgehead atoms. The first-order valence-electron chi connectivity index (χ1n) is 3.88. The van der Waals surface area contributed by atoms with E-state index in [0.717, 1.165) is 6.92 Å². The summed E-state index contributed by atoms with van der Waals surface area (Å²) in [5.41, 5.74) is 0. The van der Waals surface area contributed by atoms with Crippen molar-refractivity contribution >= 4 is 23.5 Å². The van der Waals surface area contributed by atoms with Crippen LogP contribution in [0.4, 0.5) is 13.6 Å². The van der Waals surface area contributed by atoms with Gasteiger partial charge in [-0.25, -0.2) is 13.6 Å². The molecule has 0 aliphatic heterocycles. The summed E-state index contributed by atoms with van der Waals surface area (Å²) < 4.78 is 23.9. The second-order valence-electron chi connectivity index (χ2n) is 2.70. The highest BCUT2D eigenvalue weighted by Gasteiger charge is 2.19. The van der Waals surface area contributed by atoms with Gasteiger partial charge < -0.3 is 5.32 Å². The molecule has 0 fully saturated rings. The van der Waals surface area contributed by atoms with Gasteiger partial charge in [0.25, 0.3) is 6.43 Å². The zero-order valence-corrected chi connectivity index (χ0v) is 8.44. The summed E-state index contributed by atoms with van der Waals surface area (Å²) in [6.45, 7) is 2.49. The minimum absolute atomic E-state index is 0.731. The number of hydrogen-bond acceptors (Lipinski definition) is 2. The Hall–Kier alpha value is -0.910. The fourth-order valence-electron chi connectivity index (χ4n) is 0.517. The van der Waals surface area contributed by atoms with Crippen molar-refractivity contribution in [1.29, 1.82) is 0 Å². The van der Waals surface area contributed by atoms with E-state index in [1.807, 2.05) is 10.6 Å². The molecule has 4 nitrogen and oxygen atoms in total. The Labute approximate surface area is 85.0 Å². The number of urea groups is 1. The molecule has 0 heterocycles. The maximum atomic E-state index is 11.9. The zero-order valence-electron chi connectivity index (χ0n) is 7.68. The molecule has 0 aromatic carbocycles. The Balaban J connectivity index is 3.93. The van der Waals surface area contributed by atoms with Gasteiger partial charge in [-0.15, -0.1) is 11.6 Å². The summed E-state index contributed by atoms with van der Waals surface area (Å²) in [6.07, 6.45) is -2.68. The maximum Gasteiger partial charge on any atom is 0.321 e. The van der Waals surface area contributed by atoms with E-state index in [9.17, 15) is 18.4 Å². The van der Waals surface area contributed by atoms with Crippen LogP contribution in [0.5, 0.6) is 0 Å². The predicted octanol–water partition coefficient (Wildman–Crippen LogP) is 1.09. The van der Waals surface area contributed by atoms with E-state index in [2.05, 4.69) is 0 Å². The lowest BCUT2D eigenvalue weighted by Crippen LogP contribution is -2.47. The second-order valence-corrected chi connectivity index (χ2v) is 3.36. The molecule has 7 heteroatoms. The number of alkyl halides is 3. The average Bonchev–Trinajstić information content (AvgIpc) is 2.03. The van der Waals surface area contributed by atoms with E-state index >= 15 is 0 Å². The summed E-state index contributed by atoms with van der Waals surface area (Å²) in [6, 6.07) is -2.29. The topological polar surface area (TPSA) is 58.2 Å². The molecular weight excluding hydrogens is 218 g/mol. The molecule has 2 atom stereocenters. The Morgan fingerprint density at radius 3 is 2.14 bits per heavy atom. The van der Waals surface area contributed by atoms with Crippen molar-refractivity contribution in [3.05, 3.63) is 0 Å². The van der Waals surface area contributed by atoms with Crippen LogP contribution >= 0.6 is 11.6 Å². The van der Waals surface area contributed by atoms with Crippen molar-refractivity contribution in [1.82, 2.24) is 10.6 Å². The van der Waals surface area contributed by atoms with Crippen molar-refractivity contribution in [2.24, 2.45) is 0 Å². The molecule has 0 aliphatic rings. The van der Waals surface area contributed by atoms with E-state index in [1.54, 1.807) is 0 Å². The maximum absolute atomic E-state index is 11.9. The Morgan fingerprint density at radius 1 is 1.29 bits per heavy atom. The molecule has 0 radical (unpaired) electrons. The number of halogens is 3. The van der Waals surface area contributed by atoms with E-state index in [-0.39, 0.29) is 0 Å². The third-order valence-electron chi connectivity index (χ3n) is 1.33. The number of rotatable bonds is 3. The molecular formula is C7H11ClF2N2O2. The first kappa shape index (κ1) is 13.1. The lowest BCUT2D eigenvalue weighted by atomic mass is 10.3. The van der Waals surface area contributed by atoms with Gasteiger partial charge in [0.15, 0.2) is 0 Å². The molecule has 82 valence electrons. The summed E-state index contributed by atoms with van der Waals surface area (Å²) in [5.74, 6) is -0.731. The fourth-order valence-corrected chi connectivity index (χ4v) is 0.572. The van der Waals surface area contributed by atoms with Crippen molar-refractivity contribution < 1.29 is 18.4 Å². The van der Waals surface area contributed by atoms with E-state index < -0.39 is 29.8 Å². The molecule has 2 N–H and O–H groups in total. The van der Waals surface area contributed by atoms with Gasteiger partial charge in [-0.1, -0.05) is 0 Å². The number of amides is 3. The summed E-state index contributed by atoms with van der Waals surface area (Å²) in [5, 5.41) is 2.81. The van der Waals surface area contributed by atoms with E-state index in [1.165, 1.54) is 6.92 Å². The van der Waals surface area contributed by atoms with Crippen LogP contribution < -0.4 is 10.6 Å². The first-order valence-corrected chi connectivity index (χ1v) is 4.31. The summed E-state index contributed by atoms with van der Waals surface area (Å²) in [4.78, 5) is 21.7. The minimum Gasteiger partial charge on any atom is -0.330 e. The van der Waals surface area contributed by atoms with Crippen LogP contribution in [0.25, 0.3) is 0 Å². The van der Waals surface area contributed by atoms with E-state index in [4.69, 9.17) is 11.6 Å². The quantitative estimate of drug-likeness (QED) is 0.711. The van der Waals surface area contributed by atoms with Crippen molar-refractivity contribution in [2.75, 3.05) is 0 Å².